The van der Waals surface area contributed by atoms with Crippen LogP contribution in [-0.4, -0.2) is 12.2 Å². The molecule has 0 spiro atoms. The van der Waals surface area contributed by atoms with Gasteiger partial charge in [0, 0.05) is 0 Å². The highest BCUT2D eigenvalue weighted by atomic mass is 16.2. The Kier molecular flexibility index (Phi) is 4.15. The third kappa shape index (κ3) is 3.45. The Balaban J connectivity index is 2.17. The minimum absolute atomic E-state index is 0.673. The number of hydrogen-bond acceptors (Lipinski definition) is 2. The van der Waals surface area contributed by atoms with Crippen LogP contribution in [0.25, 0.3) is 11.1 Å². The number of aryl methyl sites for hydroxylation is 2. The summed E-state index contributed by atoms with van der Waals surface area (Å²) >= 11 is 0. The highest BCUT2D eigenvalue weighted by Gasteiger charge is 1.99. The zero-order chi connectivity index (χ0) is 14.5. The fourth-order valence-corrected chi connectivity index (χ4v) is 1.85. The molecule has 0 saturated heterocycles. The lowest BCUT2D eigenvalue weighted by molar-refractivity contribution is 0.249. The molecule has 0 aliphatic rings. The summed E-state index contributed by atoms with van der Waals surface area (Å²) in [5.41, 5.74) is 12.9. The number of carbonyl (C=O) groups is 1. The van der Waals surface area contributed by atoms with Crippen LogP contribution in [0.15, 0.2) is 47.6 Å². The van der Waals surface area contributed by atoms with Gasteiger partial charge in [-0.15, -0.1) is 0 Å². The Bertz CT molecular complexity index is 645. The zero-order valence-corrected chi connectivity index (χ0v) is 11.6. The van der Waals surface area contributed by atoms with Gasteiger partial charge in [-0.25, -0.2) is 10.2 Å². The lowest BCUT2D eigenvalue weighted by Crippen LogP contribution is -2.24. The highest BCUT2D eigenvalue weighted by molar-refractivity contribution is 5.82. The molecule has 20 heavy (non-hydrogen) atoms. The van der Waals surface area contributed by atoms with Gasteiger partial charge >= 0.3 is 6.03 Å². The summed E-state index contributed by atoms with van der Waals surface area (Å²) in [6, 6.07) is 13.7. The van der Waals surface area contributed by atoms with Crippen molar-refractivity contribution in [2.24, 2.45) is 10.8 Å². The molecular formula is C16H17N3O. The van der Waals surface area contributed by atoms with Gasteiger partial charge in [0.2, 0.25) is 0 Å². The predicted molar refractivity (Wildman–Crippen MR) is 81.7 cm³/mol. The van der Waals surface area contributed by atoms with Crippen molar-refractivity contribution in [3.05, 3.63) is 59.2 Å². The maximum absolute atomic E-state index is 10.5. The van der Waals surface area contributed by atoms with Crippen LogP contribution in [0.2, 0.25) is 0 Å². The second-order valence-corrected chi connectivity index (χ2v) is 4.66. The number of nitrogens with two attached hydrogens (primary N) is 1. The number of amides is 2. The quantitative estimate of drug-likeness (QED) is 0.651. The van der Waals surface area contributed by atoms with E-state index in [9.17, 15) is 4.79 Å². The molecule has 0 heterocycles. The fourth-order valence-electron chi connectivity index (χ4n) is 1.85. The molecule has 0 saturated carbocycles. The van der Waals surface area contributed by atoms with E-state index >= 15 is 0 Å². The number of nitrogens with zero attached hydrogens (tertiary/aromatic N) is 1. The van der Waals surface area contributed by atoms with Crippen molar-refractivity contribution in [2.45, 2.75) is 13.8 Å². The Morgan fingerprint density at radius 3 is 2.30 bits per heavy atom. The van der Waals surface area contributed by atoms with E-state index in [0.717, 1.165) is 11.1 Å². The van der Waals surface area contributed by atoms with Crippen molar-refractivity contribution in [1.29, 1.82) is 0 Å². The zero-order valence-electron chi connectivity index (χ0n) is 11.6. The van der Waals surface area contributed by atoms with Gasteiger partial charge in [-0.3, -0.25) is 0 Å². The maximum Gasteiger partial charge on any atom is 0.332 e. The number of carbonyl (C=O) groups excluding carboxylic acids is 1. The van der Waals surface area contributed by atoms with Crippen LogP contribution in [0, 0.1) is 13.8 Å². The molecule has 2 amide bonds. The van der Waals surface area contributed by atoms with E-state index in [4.69, 9.17) is 5.73 Å². The normalized spacial score (nSPS) is 10.7. The van der Waals surface area contributed by atoms with Crippen LogP contribution in [0.4, 0.5) is 4.79 Å². The van der Waals surface area contributed by atoms with E-state index in [2.05, 4.69) is 42.6 Å². The van der Waals surface area contributed by atoms with Crippen molar-refractivity contribution < 1.29 is 4.79 Å². The molecule has 0 bridgehead atoms. The summed E-state index contributed by atoms with van der Waals surface area (Å²) in [7, 11) is 0. The summed E-state index contributed by atoms with van der Waals surface area (Å²) in [6.07, 6.45) is 1.55. The summed E-state index contributed by atoms with van der Waals surface area (Å²) in [4.78, 5) is 10.5. The van der Waals surface area contributed by atoms with Crippen molar-refractivity contribution in [1.82, 2.24) is 5.43 Å². The largest absolute Gasteiger partial charge is 0.350 e. The molecule has 0 unspecified atom stereocenters. The third-order valence-electron chi connectivity index (χ3n) is 3.14. The van der Waals surface area contributed by atoms with Crippen molar-refractivity contribution in [2.75, 3.05) is 0 Å². The SMILES string of the molecule is Cc1ccc(-c2ccc(C=NNC(N)=O)cc2)cc1C. The van der Waals surface area contributed by atoms with Gasteiger partial charge in [0.25, 0.3) is 0 Å². The van der Waals surface area contributed by atoms with Crippen LogP contribution in [0.1, 0.15) is 16.7 Å². The highest BCUT2D eigenvalue weighted by Crippen LogP contribution is 2.22. The molecule has 0 radical (unpaired) electrons. The number of primary amides is 1. The minimum atomic E-state index is -0.673. The molecule has 102 valence electrons. The summed E-state index contributed by atoms with van der Waals surface area (Å²) in [6.45, 7) is 4.21. The van der Waals surface area contributed by atoms with Crippen molar-refractivity contribution in [3.63, 3.8) is 0 Å². The maximum atomic E-state index is 10.5. The first-order valence-electron chi connectivity index (χ1n) is 6.32. The summed E-state index contributed by atoms with van der Waals surface area (Å²) in [5, 5.41) is 3.72. The fraction of sp³-hybridized carbons (Fsp3) is 0.125. The molecule has 0 aromatic heterocycles. The average Bonchev–Trinajstić information content (AvgIpc) is 2.42. The van der Waals surface area contributed by atoms with Crippen molar-refractivity contribution >= 4 is 12.2 Å². The van der Waals surface area contributed by atoms with Gasteiger partial charge in [0.15, 0.2) is 0 Å². The molecule has 2 aromatic carbocycles. The number of hydrazone groups is 1. The van der Waals surface area contributed by atoms with E-state index in [0.29, 0.717) is 0 Å². The lowest BCUT2D eigenvalue weighted by atomic mass is 10.00. The molecule has 4 heteroatoms. The van der Waals surface area contributed by atoms with E-state index in [1.54, 1.807) is 6.21 Å². The second-order valence-electron chi connectivity index (χ2n) is 4.66. The van der Waals surface area contributed by atoms with Gasteiger partial charge in [-0.05, 0) is 41.7 Å². The molecule has 0 atom stereocenters. The van der Waals surface area contributed by atoms with Gasteiger partial charge in [0.05, 0.1) is 6.21 Å². The van der Waals surface area contributed by atoms with Gasteiger partial charge < -0.3 is 5.73 Å². The topological polar surface area (TPSA) is 67.5 Å². The van der Waals surface area contributed by atoms with Crippen LogP contribution in [-0.2, 0) is 0 Å². The van der Waals surface area contributed by atoms with Crippen LogP contribution in [0.5, 0.6) is 0 Å². The third-order valence-corrected chi connectivity index (χ3v) is 3.14. The summed E-state index contributed by atoms with van der Waals surface area (Å²) < 4.78 is 0. The number of hydrogen-bond donors (Lipinski definition) is 2. The predicted octanol–water partition coefficient (Wildman–Crippen LogP) is 2.97. The molecule has 4 nitrogen and oxygen atoms in total. The Labute approximate surface area is 118 Å². The first-order chi connectivity index (χ1) is 9.56. The van der Waals surface area contributed by atoms with Gasteiger partial charge in [-0.2, -0.15) is 5.10 Å². The Hall–Kier alpha value is -2.62. The number of benzene rings is 2. The molecule has 0 fully saturated rings. The molecule has 0 aliphatic heterocycles. The molecule has 0 aliphatic carbocycles. The first kappa shape index (κ1) is 13.8. The lowest BCUT2D eigenvalue weighted by Gasteiger charge is -2.06. The Morgan fingerprint density at radius 1 is 1.05 bits per heavy atom. The van der Waals surface area contributed by atoms with Gasteiger partial charge in [0.1, 0.15) is 0 Å². The van der Waals surface area contributed by atoms with Crippen molar-refractivity contribution in [3.8, 4) is 11.1 Å². The standard InChI is InChI=1S/C16H17N3O/c1-11-3-6-15(9-12(11)2)14-7-4-13(5-8-14)10-18-19-16(17)20/h3-10H,1-2H3,(H3,17,19,20). The van der Waals surface area contributed by atoms with E-state index in [1.165, 1.54) is 16.7 Å². The van der Waals surface area contributed by atoms with Crippen LogP contribution < -0.4 is 11.2 Å². The smallest absolute Gasteiger partial charge is 0.332 e. The number of rotatable bonds is 3. The van der Waals surface area contributed by atoms with Gasteiger partial charge in [-0.1, -0.05) is 42.5 Å². The Morgan fingerprint density at radius 2 is 1.70 bits per heavy atom. The molecule has 3 N–H and O–H groups in total. The van der Waals surface area contributed by atoms with Crippen LogP contribution in [0.3, 0.4) is 0 Å². The first-order valence-corrected chi connectivity index (χ1v) is 6.32. The van der Waals surface area contributed by atoms with E-state index in [-0.39, 0.29) is 0 Å². The number of nitrogens with one attached hydrogen (secondary N) is 1. The molecule has 2 rings (SSSR count). The monoisotopic (exact) mass is 267 g/mol. The van der Waals surface area contributed by atoms with E-state index in [1.807, 2.05) is 24.3 Å². The molecule has 2 aromatic rings. The minimum Gasteiger partial charge on any atom is -0.350 e. The second kappa shape index (κ2) is 6.02. The van der Waals surface area contributed by atoms with E-state index < -0.39 is 6.03 Å². The van der Waals surface area contributed by atoms with Crippen LogP contribution >= 0.6 is 0 Å². The average molecular weight is 267 g/mol. The summed E-state index contributed by atoms with van der Waals surface area (Å²) in [5.74, 6) is 0. The number of urea groups is 1. The molecular weight excluding hydrogens is 250 g/mol.